The summed E-state index contributed by atoms with van der Waals surface area (Å²) in [7, 11) is 3.65. The van der Waals surface area contributed by atoms with Crippen molar-refractivity contribution in [1.82, 2.24) is 4.90 Å². The molecule has 6 nitrogen and oxygen atoms in total. The fourth-order valence-electron chi connectivity index (χ4n) is 2.27. The lowest BCUT2D eigenvalue weighted by atomic mass is 9.90. The average Bonchev–Trinajstić information content (AvgIpc) is 3.29. The molecular weight excluding hydrogens is 310 g/mol. The Morgan fingerprint density at radius 2 is 1.62 bits per heavy atom. The SMILES string of the molecule is C=C(C)C(=O)OCC1CCC2OC2C1.C=C(C)C(=O)OCN(C)C. The molecule has 0 amide bonds. The third kappa shape index (κ3) is 7.75. The van der Waals surface area contributed by atoms with Crippen molar-refractivity contribution in [2.45, 2.75) is 45.3 Å². The van der Waals surface area contributed by atoms with Crippen LogP contribution in [0.25, 0.3) is 0 Å². The fourth-order valence-corrected chi connectivity index (χ4v) is 2.27. The molecule has 6 heteroatoms. The maximum atomic E-state index is 11.1. The van der Waals surface area contributed by atoms with Crippen molar-refractivity contribution in [2.24, 2.45) is 5.92 Å². The first-order valence-electron chi connectivity index (χ1n) is 8.16. The molecule has 0 aromatic rings. The minimum atomic E-state index is -0.339. The predicted octanol–water partition coefficient (Wildman–Crippen LogP) is 2.30. The largest absolute Gasteiger partial charge is 0.462 e. The highest BCUT2D eigenvalue weighted by atomic mass is 16.6. The molecule has 136 valence electrons. The second-order valence-electron chi connectivity index (χ2n) is 6.69. The summed E-state index contributed by atoms with van der Waals surface area (Å²) in [5.41, 5.74) is 0.906. The zero-order valence-electron chi connectivity index (χ0n) is 15.2. The van der Waals surface area contributed by atoms with E-state index in [2.05, 4.69) is 13.2 Å². The van der Waals surface area contributed by atoms with Crippen molar-refractivity contribution in [3.63, 3.8) is 0 Å². The molecule has 0 N–H and O–H groups in total. The van der Waals surface area contributed by atoms with Crippen LogP contribution in [0.3, 0.4) is 0 Å². The molecule has 2 fully saturated rings. The number of fused-ring (bicyclic) bond motifs is 1. The molecule has 0 aromatic heterocycles. The van der Waals surface area contributed by atoms with Crippen LogP contribution in [-0.4, -0.2) is 56.5 Å². The van der Waals surface area contributed by atoms with Gasteiger partial charge < -0.3 is 14.2 Å². The van der Waals surface area contributed by atoms with Gasteiger partial charge in [-0.3, -0.25) is 4.90 Å². The first kappa shape index (κ1) is 20.4. The van der Waals surface area contributed by atoms with E-state index < -0.39 is 0 Å². The standard InChI is InChI=1S/C11H16O3.C7H13NO2/c1-7(2)11(12)13-6-8-3-4-9-10(5-8)14-9;1-6(2)7(9)10-5-8(3)4/h8-10H,1,3-6H2,2H3;1,5H2,2-4H3. The highest BCUT2D eigenvalue weighted by Crippen LogP contribution is 2.39. The molecule has 0 bridgehead atoms. The zero-order valence-corrected chi connectivity index (χ0v) is 15.2. The van der Waals surface area contributed by atoms with Crippen LogP contribution in [0.1, 0.15) is 33.1 Å². The zero-order chi connectivity index (χ0) is 18.3. The minimum Gasteiger partial charge on any atom is -0.462 e. The highest BCUT2D eigenvalue weighted by Gasteiger charge is 2.43. The summed E-state index contributed by atoms with van der Waals surface area (Å²) in [5.74, 6) is -0.125. The first-order valence-corrected chi connectivity index (χ1v) is 8.16. The summed E-state index contributed by atoms with van der Waals surface area (Å²) in [6.45, 7) is 11.1. The van der Waals surface area contributed by atoms with Crippen LogP contribution in [0.5, 0.6) is 0 Å². The van der Waals surface area contributed by atoms with Gasteiger partial charge in [0.15, 0.2) is 0 Å². The van der Waals surface area contributed by atoms with Crippen molar-refractivity contribution < 1.29 is 23.8 Å². The van der Waals surface area contributed by atoms with Crippen molar-refractivity contribution in [2.75, 3.05) is 27.4 Å². The quantitative estimate of drug-likeness (QED) is 0.320. The van der Waals surface area contributed by atoms with Crippen LogP contribution in [0.4, 0.5) is 0 Å². The lowest BCUT2D eigenvalue weighted by Gasteiger charge is -2.18. The van der Waals surface area contributed by atoms with Gasteiger partial charge in [-0.25, -0.2) is 9.59 Å². The lowest BCUT2D eigenvalue weighted by molar-refractivity contribution is -0.142. The van der Waals surface area contributed by atoms with E-state index in [-0.39, 0.29) is 11.9 Å². The van der Waals surface area contributed by atoms with E-state index in [0.29, 0.717) is 42.6 Å². The van der Waals surface area contributed by atoms with E-state index in [1.807, 2.05) is 14.1 Å². The number of carbonyl (C=O) groups excluding carboxylic acids is 2. The van der Waals surface area contributed by atoms with Gasteiger partial charge in [-0.1, -0.05) is 13.2 Å². The molecule has 1 heterocycles. The van der Waals surface area contributed by atoms with E-state index in [4.69, 9.17) is 14.2 Å². The summed E-state index contributed by atoms with van der Waals surface area (Å²) >= 11 is 0. The first-order chi connectivity index (χ1) is 11.2. The van der Waals surface area contributed by atoms with E-state index in [1.165, 1.54) is 0 Å². The van der Waals surface area contributed by atoms with E-state index in [0.717, 1.165) is 19.3 Å². The Balaban J connectivity index is 0.000000257. The highest BCUT2D eigenvalue weighted by molar-refractivity contribution is 5.87. The molecule has 3 unspecified atom stereocenters. The number of hydrogen-bond donors (Lipinski definition) is 0. The van der Waals surface area contributed by atoms with E-state index >= 15 is 0 Å². The van der Waals surface area contributed by atoms with Gasteiger partial charge in [-0.15, -0.1) is 0 Å². The molecule has 24 heavy (non-hydrogen) atoms. The maximum absolute atomic E-state index is 11.1. The van der Waals surface area contributed by atoms with Crippen molar-refractivity contribution in [3.8, 4) is 0 Å². The fraction of sp³-hybridized carbons (Fsp3) is 0.667. The number of hydrogen-bond acceptors (Lipinski definition) is 6. The molecule has 0 spiro atoms. The summed E-state index contributed by atoms with van der Waals surface area (Å²) in [6.07, 6.45) is 4.26. The molecule has 2 aliphatic rings. The van der Waals surface area contributed by atoms with E-state index in [9.17, 15) is 9.59 Å². The van der Waals surface area contributed by atoms with Crippen LogP contribution in [-0.2, 0) is 23.8 Å². The molecule has 0 radical (unpaired) electrons. The van der Waals surface area contributed by atoms with Crippen LogP contribution in [0.15, 0.2) is 24.3 Å². The maximum Gasteiger partial charge on any atom is 0.334 e. The van der Waals surface area contributed by atoms with Crippen LogP contribution >= 0.6 is 0 Å². The molecule has 2 rings (SSSR count). The van der Waals surface area contributed by atoms with Crippen LogP contribution in [0.2, 0.25) is 0 Å². The predicted molar refractivity (Wildman–Crippen MR) is 91.2 cm³/mol. The molecule has 3 atom stereocenters. The van der Waals surface area contributed by atoms with Crippen molar-refractivity contribution in [1.29, 1.82) is 0 Å². The Morgan fingerprint density at radius 3 is 2.12 bits per heavy atom. The van der Waals surface area contributed by atoms with Crippen molar-refractivity contribution in [3.05, 3.63) is 24.3 Å². The Kier molecular flexibility index (Phi) is 8.15. The smallest absolute Gasteiger partial charge is 0.334 e. The minimum absolute atomic E-state index is 0.274. The van der Waals surface area contributed by atoms with Crippen LogP contribution < -0.4 is 0 Å². The Labute approximate surface area is 144 Å². The van der Waals surface area contributed by atoms with Gasteiger partial charge in [-0.05, 0) is 53.1 Å². The van der Waals surface area contributed by atoms with Gasteiger partial charge in [0.05, 0.1) is 18.8 Å². The monoisotopic (exact) mass is 339 g/mol. The molecule has 1 saturated carbocycles. The molecular formula is C18H29NO5. The molecule has 1 aliphatic carbocycles. The van der Waals surface area contributed by atoms with Gasteiger partial charge in [0.25, 0.3) is 0 Å². The van der Waals surface area contributed by atoms with E-state index in [1.54, 1.807) is 18.7 Å². The van der Waals surface area contributed by atoms with Gasteiger partial charge in [0.1, 0.15) is 6.73 Å². The second-order valence-corrected chi connectivity index (χ2v) is 6.69. The topological polar surface area (TPSA) is 68.4 Å². The van der Waals surface area contributed by atoms with Crippen molar-refractivity contribution >= 4 is 11.9 Å². The molecule has 0 aromatic carbocycles. The second kappa shape index (κ2) is 9.59. The summed E-state index contributed by atoms with van der Waals surface area (Å²) < 4.78 is 15.3. The number of ether oxygens (including phenoxy) is 3. The number of epoxide rings is 1. The van der Waals surface area contributed by atoms with Gasteiger partial charge in [0.2, 0.25) is 0 Å². The lowest BCUT2D eigenvalue weighted by Crippen LogP contribution is -2.20. The third-order valence-electron chi connectivity index (χ3n) is 3.71. The van der Waals surface area contributed by atoms with Gasteiger partial charge in [-0.2, -0.15) is 0 Å². The Morgan fingerprint density at radius 1 is 1.04 bits per heavy atom. The summed E-state index contributed by atoms with van der Waals surface area (Å²) in [5, 5.41) is 0. The summed E-state index contributed by atoms with van der Waals surface area (Å²) in [4.78, 5) is 23.6. The number of rotatable bonds is 6. The van der Waals surface area contributed by atoms with Gasteiger partial charge >= 0.3 is 11.9 Å². The third-order valence-corrected chi connectivity index (χ3v) is 3.71. The Bertz CT molecular complexity index is 486. The number of carbonyl (C=O) groups is 2. The Hall–Kier alpha value is -1.66. The van der Waals surface area contributed by atoms with Gasteiger partial charge in [0, 0.05) is 11.1 Å². The van der Waals surface area contributed by atoms with Crippen LogP contribution in [0, 0.1) is 5.92 Å². The molecule has 1 aliphatic heterocycles. The number of esters is 2. The normalized spacial score (nSPS) is 24.1. The molecule has 1 saturated heterocycles. The summed E-state index contributed by atoms with van der Waals surface area (Å²) in [6, 6.07) is 0. The average molecular weight is 339 g/mol. The number of nitrogens with zero attached hydrogens (tertiary/aromatic N) is 1.